The lowest BCUT2D eigenvalue weighted by molar-refractivity contribution is 1.27. The maximum Gasteiger partial charge on any atom is 0.0540 e. The van der Waals surface area contributed by atoms with Crippen molar-refractivity contribution in [2.45, 2.75) is 77.7 Å². The number of hydrogen-bond acceptors (Lipinski definition) is 4. The van der Waals surface area contributed by atoms with Crippen LogP contribution < -0.4 is 19.6 Å². The molecule has 0 amide bonds. The Morgan fingerprint density at radius 1 is 0.160 bits per heavy atom. The van der Waals surface area contributed by atoms with Crippen molar-refractivity contribution in [1.82, 2.24) is 0 Å². The first-order valence-corrected chi connectivity index (χ1v) is 40.3. The highest BCUT2D eigenvalue weighted by Gasteiger charge is 2.30. The minimum absolute atomic E-state index is 0. The number of benzene rings is 18. The van der Waals surface area contributed by atoms with Crippen LogP contribution in [0.4, 0.5) is 68.2 Å². The SMILES string of the molecule is C.C.C.Cc1ccc(/C=C/c2ccc(N(c3ccc(C)cc3)c3ccc4c5c(cccc35)-c3ccccc3-4)cc2)cc1.Cc1ccc(N(c2ccc(C)cc2)c2ccc3c(c2)-c2cccc4c(N(c5ccc(C)cc5)c5ccc(C)cc5)ccc-3c24)cc1.Cc1ccc(N(c2ccc(C)cc2)c2ccc3c4c(cccc24)-c2ccccc2-3)cc1. The molecule has 580 valence electrons. The zero-order valence-corrected chi connectivity index (χ0v) is 66.7. The van der Waals surface area contributed by atoms with E-state index in [-0.39, 0.29) is 22.3 Å². The van der Waals surface area contributed by atoms with Crippen molar-refractivity contribution in [3.05, 3.63) is 432 Å². The first-order valence-electron chi connectivity index (χ1n) is 40.3. The number of aryl methyl sites for hydroxylation is 8. The Hall–Kier alpha value is -14.3. The molecule has 0 heterocycles. The summed E-state index contributed by atoms with van der Waals surface area (Å²) in [7, 11) is 0. The largest absolute Gasteiger partial charge is 0.310 e. The summed E-state index contributed by atoms with van der Waals surface area (Å²) in [5, 5.41) is 7.81. The van der Waals surface area contributed by atoms with Gasteiger partial charge in [0.1, 0.15) is 0 Å². The standard InChI is InChI=1S/C44H36N2.C38H29N.C30H23N.3CH4/c1-29-8-16-33(17-9-29)45(34-18-10-30(2)11-19-34)37-24-25-38-40-26-27-43(41-7-5-6-39(44(40)41)42(38)28-37)46(35-20-12-31(3)13-21-35)36-22-14-32(4)15-23-36;1-26-10-14-28(15-11-26)16-17-29-18-22-31(23-19-29)39(30-20-12-27(2)13-21-30)37-25-24-35-33-7-4-3-6-32(33)34-8-5-9-36(37)38(34)35;1-20-10-14-22(15-11-20)31(23-16-12-21(2)13-17-23)29-19-18-27-25-7-4-3-6-24(25)26-8-5-9-28(29)30(26)27;;;/h5-28H,1-4H3;3-25H,1-2H3;3-19H,1-2H3;3*1H4/b;17-16+;;;;. The van der Waals surface area contributed by atoms with E-state index in [1.165, 1.54) is 183 Å². The molecule has 3 aliphatic carbocycles. The van der Waals surface area contributed by atoms with Crippen LogP contribution in [0.5, 0.6) is 0 Å². The molecular formula is C115H100N4. The summed E-state index contributed by atoms with van der Waals surface area (Å²) >= 11 is 0. The Morgan fingerprint density at radius 2 is 0.353 bits per heavy atom. The molecule has 4 nitrogen and oxygen atoms in total. The Labute approximate surface area is 703 Å². The molecule has 3 aliphatic rings. The van der Waals surface area contributed by atoms with E-state index in [0.717, 1.165) is 39.8 Å². The Bertz CT molecular complexity index is 6580. The van der Waals surface area contributed by atoms with Crippen LogP contribution in [0.3, 0.4) is 0 Å². The third-order valence-corrected chi connectivity index (χ3v) is 23.4. The molecule has 0 fully saturated rings. The van der Waals surface area contributed by atoms with Gasteiger partial charge in [0, 0.05) is 67.3 Å². The van der Waals surface area contributed by atoms with Crippen molar-refractivity contribution in [3.8, 4) is 66.8 Å². The summed E-state index contributed by atoms with van der Waals surface area (Å²) < 4.78 is 0. The Balaban J connectivity index is 0.000000134. The first-order chi connectivity index (χ1) is 56.8. The Kier molecular flexibility index (Phi) is 21.9. The van der Waals surface area contributed by atoms with Gasteiger partial charge in [-0.2, -0.15) is 0 Å². The summed E-state index contributed by atoms with van der Waals surface area (Å²) in [5.41, 5.74) is 42.2. The summed E-state index contributed by atoms with van der Waals surface area (Å²) in [6.45, 7) is 17.1. The fourth-order valence-electron chi connectivity index (χ4n) is 17.3. The second kappa shape index (κ2) is 33.1. The quantitative estimate of drug-likeness (QED) is 0.101. The molecule has 0 saturated heterocycles. The summed E-state index contributed by atoms with van der Waals surface area (Å²) in [6.07, 6.45) is 4.36. The van der Waals surface area contributed by atoms with Crippen LogP contribution in [0, 0.1) is 55.4 Å². The smallest absolute Gasteiger partial charge is 0.0540 e. The van der Waals surface area contributed by atoms with Crippen LogP contribution in [0.2, 0.25) is 0 Å². The third kappa shape index (κ3) is 14.8. The van der Waals surface area contributed by atoms with Gasteiger partial charge in [-0.1, -0.05) is 328 Å². The maximum atomic E-state index is 2.40. The average molecular weight is 1540 g/mol. The van der Waals surface area contributed by atoms with E-state index in [9.17, 15) is 0 Å². The number of anilines is 12. The van der Waals surface area contributed by atoms with Crippen molar-refractivity contribution in [3.63, 3.8) is 0 Å². The second-order valence-corrected chi connectivity index (χ2v) is 31.4. The lowest BCUT2D eigenvalue weighted by atomic mass is 10.00. The molecule has 0 aliphatic heterocycles. The maximum absolute atomic E-state index is 2.40. The van der Waals surface area contributed by atoms with Gasteiger partial charge in [0.05, 0.1) is 17.1 Å². The fraction of sp³-hybridized carbons (Fsp3) is 0.0957. The van der Waals surface area contributed by atoms with Crippen molar-refractivity contribution in [2.75, 3.05) is 19.6 Å². The number of fused-ring (bicyclic) bond motifs is 9. The molecule has 119 heavy (non-hydrogen) atoms. The minimum Gasteiger partial charge on any atom is -0.310 e. The zero-order chi connectivity index (χ0) is 78.7. The summed E-state index contributed by atoms with van der Waals surface area (Å²) in [6, 6.07) is 138. The van der Waals surface area contributed by atoms with Gasteiger partial charge in [0.15, 0.2) is 0 Å². The monoisotopic (exact) mass is 1540 g/mol. The highest BCUT2D eigenvalue weighted by atomic mass is 15.2. The van der Waals surface area contributed by atoms with Gasteiger partial charge in [-0.05, 0) is 277 Å². The number of rotatable bonds is 14. The second-order valence-electron chi connectivity index (χ2n) is 31.4. The third-order valence-electron chi connectivity index (χ3n) is 23.4. The molecule has 4 heteroatoms. The molecule has 21 rings (SSSR count). The molecule has 0 saturated carbocycles. The minimum atomic E-state index is 0. The highest BCUT2D eigenvalue weighted by Crippen LogP contribution is 2.56. The Morgan fingerprint density at radius 3 is 0.630 bits per heavy atom. The van der Waals surface area contributed by atoms with E-state index in [4.69, 9.17) is 0 Å². The molecule has 0 atom stereocenters. The predicted octanol–water partition coefficient (Wildman–Crippen LogP) is 33.9. The van der Waals surface area contributed by atoms with Crippen LogP contribution in [-0.4, -0.2) is 0 Å². The molecule has 0 unspecified atom stereocenters. The molecular weight excluding hydrogens is 1440 g/mol. The van der Waals surface area contributed by atoms with E-state index in [2.05, 4.69) is 463 Å². The molecule has 18 aromatic rings. The molecule has 0 N–H and O–H groups in total. The number of hydrogen-bond donors (Lipinski definition) is 0. The van der Waals surface area contributed by atoms with Gasteiger partial charge < -0.3 is 19.6 Å². The van der Waals surface area contributed by atoms with Crippen molar-refractivity contribution in [2.24, 2.45) is 0 Å². The lowest BCUT2D eigenvalue weighted by Gasteiger charge is -2.27. The summed E-state index contributed by atoms with van der Waals surface area (Å²) in [5.74, 6) is 0. The van der Waals surface area contributed by atoms with Crippen LogP contribution in [0.1, 0.15) is 77.9 Å². The predicted molar refractivity (Wildman–Crippen MR) is 517 cm³/mol. The van der Waals surface area contributed by atoms with E-state index < -0.39 is 0 Å². The van der Waals surface area contributed by atoms with Crippen molar-refractivity contribution in [1.29, 1.82) is 0 Å². The van der Waals surface area contributed by atoms with Crippen molar-refractivity contribution < 1.29 is 0 Å². The fourth-order valence-corrected chi connectivity index (χ4v) is 17.3. The molecule has 0 radical (unpaired) electrons. The van der Waals surface area contributed by atoms with Crippen LogP contribution in [-0.2, 0) is 0 Å². The van der Waals surface area contributed by atoms with Gasteiger partial charge in [-0.15, -0.1) is 0 Å². The van der Waals surface area contributed by atoms with E-state index in [0.29, 0.717) is 0 Å². The number of nitrogens with zero attached hydrogens (tertiary/aromatic N) is 4. The first kappa shape index (κ1) is 78.6. The normalized spacial score (nSPS) is 11.3. The van der Waals surface area contributed by atoms with E-state index >= 15 is 0 Å². The van der Waals surface area contributed by atoms with Crippen LogP contribution in [0.25, 0.3) is 111 Å². The van der Waals surface area contributed by atoms with Crippen LogP contribution >= 0.6 is 0 Å². The van der Waals surface area contributed by atoms with Gasteiger partial charge in [0.25, 0.3) is 0 Å². The molecule has 0 bridgehead atoms. The zero-order valence-electron chi connectivity index (χ0n) is 66.7. The van der Waals surface area contributed by atoms with Gasteiger partial charge in [-0.25, -0.2) is 0 Å². The highest BCUT2D eigenvalue weighted by molar-refractivity contribution is 6.22. The average Bonchev–Trinajstić information content (AvgIpc) is 1.59. The van der Waals surface area contributed by atoms with Gasteiger partial charge in [0.2, 0.25) is 0 Å². The molecule has 0 aromatic heterocycles. The lowest BCUT2D eigenvalue weighted by Crippen LogP contribution is -2.10. The van der Waals surface area contributed by atoms with Gasteiger partial charge >= 0.3 is 0 Å². The molecule has 18 aromatic carbocycles. The van der Waals surface area contributed by atoms with E-state index in [1.807, 2.05) is 0 Å². The van der Waals surface area contributed by atoms with Crippen LogP contribution in [0.15, 0.2) is 376 Å². The van der Waals surface area contributed by atoms with E-state index in [1.54, 1.807) is 0 Å². The topological polar surface area (TPSA) is 13.0 Å². The van der Waals surface area contributed by atoms with Crippen molar-refractivity contribution >= 4 is 113 Å². The van der Waals surface area contributed by atoms with Gasteiger partial charge in [-0.3, -0.25) is 0 Å². The molecule has 0 spiro atoms. The summed E-state index contributed by atoms with van der Waals surface area (Å²) in [4.78, 5) is 9.53.